The molecule has 1 saturated heterocycles. The molecule has 1 aliphatic heterocycles. The van der Waals surface area contributed by atoms with E-state index in [9.17, 15) is 0 Å². The van der Waals surface area contributed by atoms with E-state index in [-0.39, 0.29) is 23.9 Å². The van der Waals surface area contributed by atoms with Crippen LogP contribution in [0, 0.1) is 0 Å². The van der Waals surface area contributed by atoms with E-state index in [2.05, 4.69) is 9.78 Å². The van der Waals surface area contributed by atoms with Crippen molar-refractivity contribution in [3.63, 3.8) is 0 Å². The molecule has 0 saturated carbocycles. The van der Waals surface area contributed by atoms with Gasteiger partial charge in [-0.2, -0.15) is 9.78 Å². The van der Waals surface area contributed by atoms with Gasteiger partial charge in [-0.15, -0.1) is 0 Å². The number of hydrogen-bond donors (Lipinski definition) is 1. The Balaban J connectivity index is 0.000000250. The van der Waals surface area contributed by atoms with Crippen LogP contribution in [-0.4, -0.2) is 35.0 Å². The SMILES string of the molecule is CC1(O)OO1.[SnH4]. The normalized spacial score (nSPS) is 25.0. The van der Waals surface area contributed by atoms with Gasteiger partial charge in [-0.1, -0.05) is 0 Å². The van der Waals surface area contributed by atoms with E-state index in [1.165, 1.54) is 6.92 Å². The van der Waals surface area contributed by atoms with Crippen molar-refractivity contribution in [1.82, 2.24) is 0 Å². The summed E-state index contributed by atoms with van der Waals surface area (Å²) in [4.78, 5) is 7.90. The Labute approximate surface area is 52.1 Å². The first-order valence-electron chi connectivity index (χ1n) is 1.30. The maximum atomic E-state index is 8.19. The fourth-order valence-electron chi connectivity index (χ4n) is 0.0603. The summed E-state index contributed by atoms with van der Waals surface area (Å²) < 4.78 is 0. The van der Waals surface area contributed by atoms with E-state index >= 15 is 0 Å². The van der Waals surface area contributed by atoms with Crippen molar-refractivity contribution in [3.05, 3.63) is 0 Å². The van der Waals surface area contributed by atoms with Crippen molar-refractivity contribution in [2.45, 2.75) is 12.9 Å². The second-order valence-corrected chi connectivity index (χ2v) is 1.06. The summed E-state index contributed by atoms with van der Waals surface area (Å²) >= 11 is 0. The topological polar surface area (TPSA) is 45.3 Å². The van der Waals surface area contributed by atoms with E-state index in [0.717, 1.165) is 0 Å². The summed E-state index contributed by atoms with van der Waals surface area (Å²) in [6.45, 7) is 1.41. The van der Waals surface area contributed by atoms with Gasteiger partial charge < -0.3 is 5.11 Å². The zero-order chi connectivity index (χ0) is 3.91. The van der Waals surface area contributed by atoms with Gasteiger partial charge in [-0.05, 0) is 0 Å². The second-order valence-electron chi connectivity index (χ2n) is 1.06. The summed E-state index contributed by atoms with van der Waals surface area (Å²) in [6, 6.07) is 0. The standard InChI is InChI=1S/C2H4O3.Sn.4H/c1-2(3)4-5-2;;;;;/h3H,1H3;;;;;. The molecule has 0 radical (unpaired) electrons. The predicted octanol–water partition coefficient (Wildman–Crippen LogP) is -1.84. The third-order valence-electron chi connectivity index (χ3n) is 0.325. The third kappa shape index (κ3) is 1.96. The molecule has 1 N–H and O–H groups in total. The molecule has 1 fully saturated rings. The molecule has 0 atom stereocenters. The van der Waals surface area contributed by atoms with Crippen molar-refractivity contribution in [3.8, 4) is 0 Å². The van der Waals surface area contributed by atoms with Crippen molar-refractivity contribution in [1.29, 1.82) is 0 Å². The van der Waals surface area contributed by atoms with Gasteiger partial charge in [0.25, 0.3) is 0 Å². The Hall–Kier alpha value is 0.679. The molecule has 3 nitrogen and oxygen atoms in total. The van der Waals surface area contributed by atoms with Gasteiger partial charge in [0.1, 0.15) is 0 Å². The molecular formula is C2H8O3Sn. The Kier molecular flexibility index (Phi) is 1.84. The maximum absolute atomic E-state index is 8.19. The minimum atomic E-state index is -1.25. The monoisotopic (exact) mass is 200 g/mol. The van der Waals surface area contributed by atoms with Crippen LogP contribution in [0.2, 0.25) is 0 Å². The van der Waals surface area contributed by atoms with E-state index in [0.29, 0.717) is 0 Å². The Morgan fingerprint density at radius 3 is 1.67 bits per heavy atom. The number of aliphatic hydroxyl groups is 1. The van der Waals surface area contributed by atoms with Crippen LogP contribution < -0.4 is 0 Å². The molecule has 1 aliphatic rings. The van der Waals surface area contributed by atoms with E-state index in [4.69, 9.17) is 5.11 Å². The van der Waals surface area contributed by atoms with Gasteiger partial charge in [-0.25, -0.2) is 0 Å². The molecule has 0 aromatic heterocycles. The molecular weight excluding hydrogens is 191 g/mol. The minimum absolute atomic E-state index is 0. The molecule has 0 bridgehead atoms. The summed E-state index contributed by atoms with van der Waals surface area (Å²) in [6.07, 6.45) is 0. The zero-order valence-electron chi connectivity index (χ0n) is 2.76. The molecule has 0 aliphatic carbocycles. The van der Waals surface area contributed by atoms with Gasteiger partial charge in [-0.3, -0.25) is 0 Å². The summed E-state index contributed by atoms with van der Waals surface area (Å²) in [5.41, 5.74) is 0. The number of hydrogen-bond acceptors (Lipinski definition) is 3. The molecule has 0 unspecified atom stereocenters. The van der Waals surface area contributed by atoms with Crippen LogP contribution in [0.1, 0.15) is 6.92 Å². The molecule has 0 amide bonds. The predicted molar refractivity (Wildman–Crippen MR) is 24.1 cm³/mol. The zero-order valence-corrected chi connectivity index (χ0v) is 2.76. The van der Waals surface area contributed by atoms with E-state index in [1.54, 1.807) is 0 Å². The van der Waals surface area contributed by atoms with Crippen LogP contribution in [0.15, 0.2) is 0 Å². The van der Waals surface area contributed by atoms with Crippen molar-refractivity contribution < 1.29 is 14.9 Å². The molecule has 0 aromatic carbocycles. The average molecular weight is 199 g/mol. The van der Waals surface area contributed by atoms with Gasteiger partial charge in [0.2, 0.25) is 0 Å². The van der Waals surface area contributed by atoms with Crippen LogP contribution in [0.4, 0.5) is 0 Å². The van der Waals surface area contributed by atoms with Crippen molar-refractivity contribution >= 4 is 23.9 Å². The van der Waals surface area contributed by atoms with Crippen molar-refractivity contribution in [2.75, 3.05) is 0 Å². The first kappa shape index (κ1) is 6.68. The fraction of sp³-hybridized carbons (Fsp3) is 1.00. The molecule has 0 spiro atoms. The average Bonchev–Trinajstić information content (AvgIpc) is 1.76. The first-order valence-corrected chi connectivity index (χ1v) is 1.30. The van der Waals surface area contributed by atoms with Crippen LogP contribution >= 0.6 is 0 Å². The first-order chi connectivity index (χ1) is 2.21. The van der Waals surface area contributed by atoms with Crippen LogP contribution in [0.5, 0.6) is 0 Å². The van der Waals surface area contributed by atoms with Gasteiger partial charge in [0, 0.05) is 6.92 Å². The quantitative estimate of drug-likeness (QED) is 0.283. The second kappa shape index (κ2) is 1.65. The molecule has 4 heteroatoms. The summed E-state index contributed by atoms with van der Waals surface area (Å²) in [7, 11) is 0. The Morgan fingerprint density at radius 1 is 1.50 bits per heavy atom. The Bertz CT molecular complexity index is 46.8. The molecule has 0 aromatic rings. The molecule has 1 heterocycles. The van der Waals surface area contributed by atoms with E-state index in [1.807, 2.05) is 0 Å². The van der Waals surface area contributed by atoms with Crippen LogP contribution in [0.3, 0.4) is 0 Å². The van der Waals surface area contributed by atoms with Crippen LogP contribution in [0.25, 0.3) is 0 Å². The fourth-order valence-corrected chi connectivity index (χ4v) is 0.0603. The van der Waals surface area contributed by atoms with Gasteiger partial charge >= 0.3 is 29.9 Å². The van der Waals surface area contributed by atoms with Crippen molar-refractivity contribution in [2.24, 2.45) is 0 Å². The van der Waals surface area contributed by atoms with Crippen LogP contribution in [-0.2, 0) is 9.78 Å². The van der Waals surface area contributed by atoms with Gasteiger partial charge in [0.05, 0.1) is 0 Å². The third-order valence-corrected chi connectivity index (χ3v) is 0.325. The number of rotatable bonds is 0. The van der Waals surface area contributed by atoms with E-state index < -0.39 is 5.97 Å². The Morgan fingerprint density at radius 2 is 1.67 bits per heavy atom. The molecule has 1 rings (SSSR count). The molecule has 38 valence electrons. The molecule has 6 heavy (non-hydrogen) atoms. The summed E-state index contributed by atoms with van der Waals surface area (Å²) in [5.74, 6) is -1.25. The van der Waals surface area contributed by atoms with Gasteiger partial charge in [0.15, 0.2) is 0 Å². The summed E-state index contributed by atoms with van der Waals surface area (Å²) in [5, 5.41) is 8.19.